The first kappa shape index (κ1) is 13.1. The third-order valence-corrected chi connectivity index (χ3v) is 2.82. The number of rotatable bonds is 5. The number of hydrogen-bond donors (Lipinski definition) is 1. The van der Waals surface area contributed by atoms with Crippen molar-refractivity contribution in [1.82, 2.24) is 9.78 Å². The van der Waals surface area contributed by atoms with Crippen molar-refractivity contribution in [3.05, 3.63) is 40.0 Å². The van der Waals surface area contributed by atoms with Crippen molar-refractivity contribution in [3.8, 4) is 0 Å². The lowest BCUT2D eigenvalue weighted by molar-refractivity contribution is -0.384. The molecule has 0 unspecified atom stereocenters. The maximum absolute atomic E-state index is 11.2. The summed E-state index contributed by atoms with van der Waals surface area (Å²) in [5.41, 5.74) is 1.45. The largest absolute Gasteiger partial charge is 0.472 e. The lowest BCUT2D eigenvalue weighted by Gasteiger charge is -2.04. The molecule has 102 valence electrons. The molecule has 0 aliphatic heterocycles. The number of furan rings is 1. The Morgan fingerprint density at radius 2 is 2.32 bits per heavy atom. The predicted octanol–water partition coefficient (Wildman–Crippen LogP) is 2.66. The minimum absolute atomic E-state index is 0.00363. The fourth-order valence-corrected chi connectivity index (χ4v) is 1.88. The van der Waals surface area contributed by atoms with E-state index in [1.54, 1.807) is 25.6 Å². The molecule has 1 N–H and O–H groups in total. The molecule has 7 heteroatoms. The quantitative estimate of drug-likeness (QED) is 0.662. The van der Waals surface area contributed by atoms with Gasteiger partial charge < -0.3 is 9.73 Å². The number of nitrogens with one attached hydrogen (secondary N) is 1. The summed E-state index contributed by atoms with van der Waals surface area (Å²) in [5.74, 6) is 0.408. The Labute approximate surface area is 110 Å². The lowest BCUT2D eigenvalue weighted by Crippen LogP contribution is -2.05. The fourth-order valence-electron chi connectivity index (χ4n) is 1.88. The highest BCUT2D eigenvalue weighted by molar-refractivity contribution is 5.60. The Balaban J connectivity index is 2.30. The van der Waals surface area contributed by atoms with E-state index in [0.29, 0.717) is 18.1 Å². The van der Waals surface area contributed by atoms with Gasteiger partial charge in [0.2, 0.25) is 5.82 Å². The smallest absolute Gasteiger partial charge is 0.334 e. The summed E-state index contributed by atoms with van der Waals surface area (Å²) in [5, 5.41) is 18.5. The molecule has 0 saturated heterocycles. The van der Waals surface area contributed by atoms with Crippen molar-refractivity contribution in [3.63, 3.8) is 0 Å². The second kappa shape index (κ2) is 5.13. The molecule has 19 heavy (non-hydrogen) atoms. The van der Waals surface area contributed by atoms with Crippen molar-refractivity contribution in [2.75, 3.05) is 5.32 Å². The van der Waals surface area contributed by atoms with Crippen molar-refractivity contribution >= 4 is 11.5 Å². The molecule has 7 nitrogen and oxygen atoms in total. The molecule has 0 aliphatic carbocycles. The van der Waals surface area contributed by atoms with Crippen LogP contribution in [0.25, 0.3) is 0 Å². The number of aromatic nitrogens is 2. The Kier molecular flexibility index (Phi) is 3.55. The van der Waals surface area contributed by atoms with Crippen LogP contribution in [0.1, 0.15) is 31.0 Å². The molecule has 0 radical (unpaired) electrons. The molecule has 2 heterocycles. The molecule has 0 atom stereocenters. The van der Waals surface area contributed by atoms with Gasteiger partial charge in [0.05, 0.1) is 17.4 Å². The summed E-state index contributed by atoms with van der Waals surface area (Å²) < 4.78 is 6.47. The molecule has 2 aromatic heterocycles. The van der Waals surface area contributed by atoms with Gasteiger partial charge in [-0.1, -0.05) is 13.8 Å². The van der Waals surface area contributed by atoms with Crippen LogP contribution in [0.2, 0.25) is 0 Å². The molecular formula is C12H16N4O3. The van der Waals surface area contributed by atoms with Gasteiger partial charge in [0.25, 0.3) is 0 Å². The standard InChI is InChI=1S/C12H16N4O3/c1-8(2)10-11(16(17)18)12(15(3)14-10)13-6-9-4-5-19-7-9/h4-5,7-8,13H,6H2,1-3H3. The van der Waals surface area contributed by atoms with Crippen LogP contribution < -0.4 is 5.32 Å². The first-order valence-electron chi connectivity index (χ1n) is 5.97. The average Bonchev–Trinajstić information content (AvgIpc) is 2.93. The molecule has 2 rings (SSSR count). The zero-order chi connectivity index (χ0) is 14.0. The van der Waals surface area contributed by atoms with Gasteiger partial charge >= 0.3 is 5.69 Å². The van der Waals surface area contributed by atoms with E-state index >= 15 is 0 Å². The van der Waals surface area contributed by atoms with Crippen LogP contribution in [0, 0.1) is 10.1 Å². The lowest BCUT2D eigenvalue weighted by atomic mass is 10.1. The van der Waals surface area contributed by atoms with E-state index in [2.05, 4.69) is 10.4 Å². The van der Waals surface area contributed by atoms with Crippen molar-refractivity contribution < 1.29 is 9.34 Å². The minimum atomic E-state index is -0.389. The van der Waals surface area contributed by atoms with Crippen molar-refractivity contribution in [2.24, 2.45) is 7.05 Å². The maximum atomic E-state index is 11.2. The van der Waals surface area contributed by atoms with E-state index in [4.69, 9.17) is 4.42 Å². The molecule has 0 saturated carbocycles. The number of anilines is 1. The molecule has 0 spiro atoms. The summed E-state index contributed by atoms with van der Waals surface area (Å²) in [4.78, 5) is 10.8. The predicted molar refractivity (Wildman–Crippen MR) is 70.0 cm³/mol. The van der Waals surface area contributed by atoms with Gasteiger partial charge in [-0.15, -0.1) is 0 Å². The number of nitrogens with zero attached hydrogens (tertiary/aromatic N) is 3. The van der Waals surface area contributed by atoms with Crippen LogP contribution in [0.3, 0.4) is 0 Å². The van der Waals surface area contributed by atoms with Crippen LogP contribution in [-0.4, -0.2) is 14.7 Å². The summed E-state index contributed by atoms with van der Waals surface area (Å²) in [6.07, 6.45) is 3.16. The van der Waals surface area contributed by atoms with Crippen LogP contribution in [0.15, 0.2) is 23.0 Å². The summed E-state index contributed by atoms with van der Waals surface area (Å²) in [6, 6.07) is 1.80. The Morgan fingerprint density at radius 3 is 2.84 bits per heavy atom. The average molecular weight is 264 g/mol. The van der Waals surface area contributed by atoms with Crippen molar-refractivity contribution in [1.29, 1.82) is 0 Å². The number of nitro groups is 1. The maximum Gasteiger partial charge on any atom is 0.334 e. The Bertz CT molecular complexity index is 572. The summed E-state index contributed by atoms with van der Waals surface area (Å²) >= 11 is 0. The summed E-state index contributed by atoms with van der Waals surface area (Å²) in [6.45, 7) is 4.22. The normalized spacial score (nSPS) is 10.9. The topological polar surface area (TPSA) is 86.1 Å². The van der Waals surface area contributed by atoms with E-state index in [1.165, 1.54) is 4.68 Å². The van der Waals surface area contributed by atoms with E-state index in [1.807, 2.05) is 13.8 Å². The highest BCUT2D eigenvalue weighted by atomic mass is 16.6. The number of hydrogen-bond acceptors (Lipinski definition) is 5. The van der Waals surface area contributed by atoms with Crippen LogP contribution in [-0.2, 0) is 13.6 Å². The van der Waals surface area contributed by atoms with Crippen LogP contribution in [0.5, 0.6) is 0 Å². The van der Waals surface area contributed by atoms with Gasteiger partial charge in [0.15, 0.2) is 0 Å². The summed E-state index contributed by atoms with van der Waals surface area (Å²) in [7, 11) is 1.69. The van der Waals surface area contributed by atoms with E-state index in [9.17, 15) is 10.1 Å². The molecule has 0 fully saturated rings. The molecular weight excluding hydrogens is 248 g/mol. The monoisotopic (exact) mass is 264 g/mol. The molecule has 0 aromatic carbocycles. The minimum Gasteiger partial charge on any atom is -0.472 e. The van der Waals surface area contributed by atoms with Crippen LogP contribution in [0.4, 0.5) is 11.5 Å². The molecule has 0 bridgehead atoms. The van der Waals surface area contributed by atoms with Gasteiger partial charge in [-0.25, -0.2) is 4.68 Å². The second-order valence-corrected chi connectivity index (χ2v) is 4.60. The third kappa shape index (κ3) is 2.59. The second-order valence-electron chi connectivity index (χ2n) is 4.60. The Hall–Kier alpha value is -2.31. The molecule has 0 amide bonds. The van der Waals surface area contributed by atoms with E-state index in [-0.39, 0.29) is 16.5 Å². The van der Waals surface area contributed by atoms with Crippen molar-refractivity contribution in [2.45, 2.75) is 26.3 Å². The van der Waals surface area contributed by atoms with E-state index in [0.717, 1.165) is 5.56 Å². The van der Waals surface area contributed by atoms with Gasteiger partial charge in [0.1, 0.15) is 5.69 Å². The van der Waals surface area contributed by atoms with Crippen LogP contribution >= 0.6 is 0 Å². The Morgan fingerprint density at radius 1 is 1.58 bits per heavy atom. The first-order chi connectivity index (χ1) is 9.00. The SMILES string of the molecule is CC(C)c1nn(C)c(NCc2ccoc2)c1[N+](=O)[O-]. The fraction of sp³-hybridized carbons (Fsp3) is 0.417. The van der Waals surface area contributed by atoms with Gasteiger partial charge in [-0.05, 0) is 6.07 Å². The highest BCUT2D eigenvalue weighted by Gasteiger charge is 2.28. The first-order valence-corrected chi connectivity index (χ1v) is 5.97. The molecule has 2 aromatic rings. The van der Waals surface area contributed by atoms with Gasteiger partial charge in [-0.3, -0.25) is 10.1 Å². The highest BCUT2D eigenvalue weighted by Crippen LogP contribution is 2.32. The van der Waals surface area contributed by atoms with Gasteiger partial charge in [0, 0.05) is 25.1 Å². The van der Waals surface area contributed by atoms with Gasteiger partial charge in [-0.2, -0.15) is 5.10 Å². The zero-order valence-corrected chi connectivity index (χ0v) is 11.1. The molecule has 0 aliphatic rings. The third-order valence-electron chi connectivity index (χ3n) is 2.82. The van der Waals surface area contributed by atoms with E-state index < -0.39 is 0 Å². The zero-order valence-electron chi connectivity index (χ0n) is 11.1. The number of aryl methyl sites for hydroxylation is 1.